The van der Waals surface area contributed by atoms with Gasteiger partial charge in [0, 0.05) is 38.3 Å². The topological polar surface area (TPSA) is 32.5 Å². The molecule has 2 N–H and O–H groups in total. The summed E-state index contributed by atoms with van der Waals surface area (Å²) in [5, 5.41) is 0. The zero-order chi connectivity index (χ0) is 13.9. The summed E-state index contributed by atoms with van der Waals surface area (Å²) in [5.41, 5.74) is 6.18. The minimum Gasteiger partial charge on any atom is -0.329 e. The lowest BCUT2D eigenvalue weighted by molar-refractivity contribution is 0.00755. The highest BCUT2D eigenvalue weighted by Gasteiger charge is 2.35. The van der Waals surface area contributed by atoms with Crippen molar-refractivity contribution in [2.24, 2.45) is 17.6 Å². The number of nitrogens with zero attached hydrogens (tertiary/aromatic N) is 2. The van der Waals surface area contributed by atoms with Crippen LogP contribution < -0.4 is 5.73 Å². The smallest absolute Gasteiger partial charge is 0.0247 e. The van der Waals surface area contributed by atoms with Crippen LogP contribution in [0.3, 0.4) is 0 Å². The Morgan fingerprint density at radius 2 is 1.80 bits per heavy atom. The number of piperazine rings is 1. The van der Waals surface area contributed by atoms with Crippen LogP contribution in [0.25, 0.3) is 0 Å². The van der Waals surface area contributed by atoms with Crippen LogP contribution in [0.1, 0.15) is 51.9 Å². The Morgan fingerprint density at radius 1 is 1.00 bits per heavy atom. The molecule has 2 saturated heterocycles. The largest absolute Gasteiger partial charge is 0.329 e. The van der Waals surface area contributed by atoms with E-state index in [-0.39, 0.29) is 0 Å². The third-order valence-electron chi connectivity index (χ3n) is 6.18. The minimum absolute atomic E-state index is 0.659. The van der Waals surface area contributed by atoms with E-state index in [1.54, 1.807) is 0 Å². The van der Waals surface area contributed by atoms with Crippen LogP contribution in [0.5, 0.6) is 0 Å². The zero-order valence-electron chi connectivity index (χ0n) is 13.3. The molecule has 3 nitrogen and oxygen atoms in total. The van der Waals surface area contributed by atoms with Crippen molar-refractivity contribution in [3.05, 3.63) is 0 Å². The predicted octanol–water partition coefficient (Wildman–Crippen LogP) is 2.31. The molecule has 3 rings (SSSR count). The molecule has 2 unspecified atom stereocenters. The van der Waals surface area contributed by atoms with E-state index in [0.29, 0.717) is 6.04 Å². The zero-order valence-corrected chi connectivity index (χ0v) is 13.3. The molecule has 2 heterocycles. The molecule has 2 atom stereocenters. The molecular weight excluding hydrogens is 246 g/mol. The summed E-state index contributed by atoms with van der Waals surface area (Å²) in [5.74, 6) is 1.81. The van der Waals surface area contributed by atoms with Crippen LogP contribution in [-0.4, -0.2) is 54.6 Å². The molecule has 1 aliphatic carbocycles. The van der Waals surface area contributed by atoms with Crippen LogP contribution in [0, 0.1) is 11.8 Å². The van der Waals surface area contributed by atoms with Crippen molar-refractivity contribution in [1.82, 2.24) is 9.80 Å². The van der Waals surface area contributed by atoms with Crippen LogP contribution in [0.4, 0.5) is 0 Å². The van der Waals surface area contributed by atoms with Crippen LogP contribution in [-0.2, 0) is 0 Å². The van der Waals surface area contributed by atoms with Crippen molar-refractivity contribution in [3.8, 4) is 0 Å². The fraction of sp³-hybridized carbons (Fsp3) is 1.00. The Bertz CT molecular complexity index is 299. The monoisotopic (exact) mass is 279 g/mol. The van der Waals surface area contributed by atoms with Crippen LogP contribution >= 0.6 is 0 Å². The lowest BCUT2D eigenvalue weighted by Crippen LogP contribution is -2.59. The average Bonchev–Trinajstić information content (AvgIpc) is 2.50. The molecule has 0 bridgehead atoms. The first-order valence-corrected chi connectivity index (χ1v) is 8.96. The van der Waals surface area contributed by atoms with E-state index in [9.17, 15) is 0 Å². The average molecular weight is 279 g/mol. The summed E-state index contributed by atoms with van der Waals surface area (Å²) in [7, 11) is 0. The van der Waals surface area contributed by atoms with E-state index in [1.807, 2.05) is 0 Å². The second-order valence-corrected chi connectivity index (χ2v) is 7.50. The minimum atomic E-state index is 0.659. The normalized spacial score (nSPS) is 38.4. The number of piperidine rings is 1. The first-order chi connectivity index (χ1) is 9.78. The Hall–Kier alpha value is -0.120. The van der Waals surface area contributed by atoms with Crippen molar-refractivity contribution < 1.29 is 0 Å². The van der Waals surface area contributed by atoms with Crippen molar-refractivity contribution in [2.45, 2.75) is 64.0 Å². The molecule has 2 aliphatic heterocycles. The number of nitrogens with two attached hydrogens (primary N) is 1. The summed E-state index contributed by atoms with van der Waals surface area (Å²) in [6, 6.07) is 1.49. The van der Waals surface area contributed by atoms with E-state index in [2.05, 4.69) is 16.7 Å². The van der Waals surface area contributed by atoms with Crippen molar-refractivity contribution in [1.29, 1.82) is 0 Å². The Morgan fingerprint density at radius 3 is 2.55 bits per heavy atom. The number of hydrogen-bond acceptors (Lipinski definition) is 3. The highest BCUT2D eigenvalue weighted by Crippen LogP contribution is 2.33. The third kappa shape index (κ3) is 3.20. The van der Waals surface area contributed by atoms with Crippen LogP contribution in [0.15, 0.2) is 0 Å². The standard InChI is InChI=1S/C17H33N3/c1-14-5-7-15(8-6-14)17(12-18)20-11-10-19-9-3-2-4-16(19)13-20/h14-17H,2-13,18H2,1H3. The quantitative estimate of drug-likeness (QED) is 0.860. The van der Waals surface area contributed by atoms with Crippen molar-refractivity contribution in [3.63, 3.8) is 0 Å². The lowest BCUT2D eigenvalue weighted by Gasteiger charge is -2.48. The Labute approximate surface area is 124 Å². The van der Waals surface area contributed by atoms with Gasteiger partial charge in [-0.15, -0.1) is 0 Å². The fourth-order valence-corrected chi connectivity index (χ4v) is 4.79. The molecular formula is C17H33N3. The van der Waals surface area contributed by atoms with Gasteiger partial charge < -0.3 is 5.73 Å². The first kappa shape index (κ1) is 14.8. The fourth-order valence-electron chi connectivity index (χ4n) is 4.79. The van der Waals surface area contributed by atoms with Gasteiger partial charge in [-0.2, -0.15) is 0 Å². The summed E-state index contributed by atoms with van der Waals surface area (Å²) < 4.78 is 0. The number of fused-ring (bicyclic) bond motifs is 1. The van der Waals surface area contributed by atoms with Crippen LogP contribution in [0.2, 0.25) is 0 Å². The van der Waals surface area contributed by atoms with E-state index >= 15 is 0 Å². The summed E-state index contributed by atoms with van der Waals surface area (Å²) in [4.78, 5) is 5.49. The molecule has 0 amide bonds. The SMILES string of the molecule is CC1CCC(C(CN)N2CCN3CCCCC3C2)CC1. The molecule has 0 aromatic rings. The molecule has 3 heteroatoms. The Kier molecular flexibility index (Phi) is 5.00. The molecule has 1 saturated carbocycles. The van der Waals surface area contributed by atoms with Gasteiger partial charge in [0.2, 0.25) is 0 Å². The first-order valence-electron chi connectivity index (χ1n) is 8.96. The highest BCUT2D eigenvalue weighted by atomic mass is 15.3. The summed E-state index contributed by atoms with van der Waals surface area (Å²) in [6.07, 6.45) is 9.92. The van der Waals surface area contributed by atoms with Gasteiger partial charge >= 0.3 is 0 Å². The van der Waals surface area contributed by atoms with Gasteiger partial charge in [0.05, 0.1) is 0 Å². The second-order valence-electron chi connectivity index (χ2n) is 7.50. The van der Waals surface area contributed by atoms with Crippen molar-refractivity contribution >= 4 is 0 Å². The van der Waals surface area contributed by atoms with E-state index in [0.717, 1.165) is 24.4 Å². The van der Waals surface area contributed by atoms with Gasteiger partial charge in [-0.1, -0.05) is 26.2 Å². The molecule has 3 aliphatic rings. The molecule has 20 heavy (non-hydrogen) atoms. The molecule has 0 aromatic heterocycles. The maximum atomic E-state index is 6.18. The second kappa shape index (κ2) is 6.76. The molecule has 0 spiro atoms. The lowest BCUT2D eigenvalue weighted by atomic mass is 9.78. The van der Waals surface area contributed by atoms with Gasteiger partial charge in [-0.3, -0.25) is 9.80 Å². The van der Waals surface area contributed by atoms with Gasteiger partial charge in [0.15, 0.2) is 0 Å². The molecule has 0 aromatic carbocycles. The summed E-state index contributed by atoms with van der Waals surface area (Å²) in [6.45, 7) is 8.44. The molecule has 116 valence electrons. The third-order valence-corrected chi connectivity index (χ3v) is 6.18. The highest BCUT2D eigenvalue weighted by molar-refractivity contribution is 4.91. The van der Waals surface area contributed by atoms with E-state index in [4.69, 9.17) is 5.73 Å². The maximum absolute atomic E-state index is 6.18. The van der Waals surface area contributed by atoms with Gasteiger partial charge in [-0.25, -0.2) is 0 Å². The van der Waals surface area contributed by atoms with Gasteiger partial charge in [0.25, 0.3) is 0 Å². The van der Waals surface area contributed by atoms with Gasteiger partial charge in [-0.05, 0) is 44.1 Å². The Balaban J connectivity index is 1.58. The van der Waals surface area contributed by atoms with E-state index < -0.39 is 0 Å². The van der Waals surface area contributed by atoms with Crippen molar-refractivity contribution in [2.75, 3.05) is 32.7 Å². The maximum Gasteiger partial charge on any atom is 0.0247 e. The molecule has 0 radical (unpaired) electrons. The van der Waals surface area contributed by atoms with E-state index in [1.165, 1.54) is 71.1 Å². The summed E-state index contributed by atoms with van der Waals surface area (Å²) >= 11 is 0. The molecule has 3 fully saturated rings. The number of hydrogen-bond donors (Lipinski definition) is 1. The number of rotatable bonds is 3. The predicted molar refractivity (Wildman–Crippen MR) is 84.7 cm³/mol. The van der Waals surface area contributed by atoms with Gasteiger partial charge in [0.1, 0.15) is 0 Å².